The van der Waals surface area contributed by atoms with E-state index in [1.807, 2.05) is 17.0 Å². The summed E-state index contributed by atoms with van der Waals surface area (Å²) < 4.78 is 28.1. The Hall–Kier alpha value is -1.56. The Balaban J connectivity index is 1.99. The summed E-state index contributed by atoms with van der Waals surface area (Å²) in [4.78, 5) is 14.8. The van der Waals surface area contributed by atoms with Gasteiger partial charge in [-0.1, -0.05) is 44.7 Å². The molecular formula is C21H33NO4S. The average Bonchev–Trinajstić information content (AvgIpc) is 3.18. The van der Waals surface area contributed by atoms with Gasteiger partial charge in [0.05, 0.1) is 5.75 Å². The van der Waals surface area contributed by atoms with Crippen LogP contribution in [0.3, 0.4) is 0 Å². The van der Waals surface area contributed by atoms with Crippen LogP contribution in [-0.2, 0) is 21.5 Å². The number of benzene rings is 1. The largest absolute Gasteiger partial charge is 0.382 e. The first-order valence-electron chi connectivity index (χ1n) is 10.1. The molecule has 1 saturated carbocycles. The molecule has 27 heavy (non-hydrogen) atoms. The van der Waals surface area contributed by atoms with E-state index in [0.29, 0.717) is 24.6 Å². The molecular weight excluding hydrogens is 362 g/mol. The quantitative estimate of drug-likeness (QED) is 0.547. The molecule has 0 bridgehead atoms. The minimum absolute atomic E-state index is 0.0635. The standard InChI is InChI=1S/C21H33NO4S/c1-4-17(3)22(21(23)15-12-18-8-6-7-9-18)16-19-10-13-20(14-11-19)26-27(24,25)5-2/h10-11,13-14,17-18H,4-9,12,15-16H2,1-3H3/t17-/m1/s1. The monoisotopic (exact) mass is 395 g/mol. The van der Waals surface area contributed by atoms with Gasteiger partial charge in [-0.3, -0.25) is 4.79 Å². The van der Waals surface area contributed by atoms with Gasteiger partial charge in [0.25, 0.3) is 0 Å². The molecule has 0 heterocycles. The lowest BCUT2D eigenvalue weighted by Gasteiger charge is -2.29. The Morgan fingerprint density at radius 3 is 2.37 bits per heavy atom. The van der Waals surface area contributed by atoms with E-state index in [9.17, 15) is 13.2 Å². The molecule has 1 aliphatic rings. The maximum Gasteiger partial charge on any atom is 0.308 e. The maximum atomic E-state index is 12.8. The second kappa shape index (κ2) is 10.1. The second-order valence-electron chi connectivity index (χ2n) is 7.54. The molecule has 0 aliphatic heterocycles. The lowest BCUT2D eigenvalue weighted by Crippen LogP contribution is -2.37. The molecule has 6 heteroatoms. The first-order valence-corrected chi connectivity index (χ1v) is 11.7. The van der Waals surface area contributed by atoms with Gasteiger partial charge in [0.15, 0.2) is 0 Å². The highest BCUT2D eigenvalue weighted by molar-refractivity contribution is 7.87. The number of amides is 1. The molecule has 152 valence electrons. The van der Waals surface area contributed by atoms with E-state index in [1.54, 1.807) is 19.1 Å². The summed E-state index contributed by atoms with van der Waals surface area (Å²) in [6.45, 7) is 6.26. The fourth-order valence-electron chi connectivity index (χ4n) is 3.53. The van der Waals surface area contributed by atoms with Gasteiger partial charge < -0.3 is 9.08 Å². The number of hydrogen-bond acceptors (Lipinski definition) is 4. The molecule has 1 amide bonds. The third kappa shape index (κ3) is 6.83. The van der Waals surface area contributed by atoms with Crippen molar-refractivity contribution in [3.05, 3.63) is 29.8 Å². The van der Waals surface area contributed by atoms with Crippen molar-refractivity contribution < 1.29 is 17.4 Å². The van der Waals surface area contributed by atoms with Crippen molar-refractivity contribution >= 4 is 16.0 Å². The zero-order chi connectivity index (χ0) is 19.9. The third-order valence-corrected chi connectivity index (χ3v) is 6.69. The van der Waals surface area contributed by atoms with Crippen LogP contribution >= 0.6 is 0 Å². The van der Waals surface area contributed by atoms with E-state index < -0.39 is 10.1 Å². The van der Waals surface area contributed by atoms with Crippen molar-refractivity contribution in [3.63, 3.8) is 0 Å². The summed E-state index contributed by atoms with van der Waals surface area (Å²) in [6, 6.07) is 7.15. The van der Waals surface area contributed by atoms with Crippen LogP contribution in [-0.4, -0.2) is 31.0 Å². The maximum absolute atomic E-state index is 12.8. The smallest absolute Gasteiger partial charge is 0.308 e. The predicted octanol–water partition coefficient (Wildman–Crippen LogP) is 4.51. The van der Waals surface area contributed by atoms with Crippen molar-refractivity contribution in [1.29, 1.82) is 0 Å². The zero-order valence-corrected chi connectivity index (χ0v) is 17.6. The van der Waals surface area contributed by atoms with Crippen LogP contribution in [0.2, 0.25) is 0 Å². The molecule has 0 saturated heterocycles. The van der Waals surface area contributed by atoms with Gasteiger partial charge in [-0.2, -0.15) is 8.42 Å². The summed E-state index contributed by atoms with van der Waals surface area (Å²) in [5.74, 6) is 1.17. The van der Waals surface area contributed by atoms with Crippen molar-refractivity contribution in [1.82, 2.24) is 4.90 Å². The summed E-state index contributed by atoms with van der Waals surface area (Å²) in [7, 11) is -3.52. The Morgan fingerprint density at radius 2 is 1.81 bits per heavy atom. The summed E-state index contributed by atoms with van der Waals surface area (Å²) in [6.07, 6.45) is 7.65. The molecule has 2 rings (SSSR count). The number of rotatable bonds is 10. The minimum atomic E-state index is -3.52. The molecule has 0 aromatic heterocycles. The Kier molecular flexibility index (Phi) is 8.14. The van der Waals surface area contributed by atoms with Crippen LogP contribution in [0.1, 0.15) is 71.3 Å². The zero-order valence-electron chi connectivity index (χ0n) is 16.8. The molecule has 1 atom stereocenters. The lowest BCUT2D eigenvalue weighted by atomic mass is 10.0. The number of carbonyl (C=O) groups is 1. The minimum Gasteiger partial charge on any atom is -0.382 e. The van der Waals surface area contributed by atoms with Crippen molar-refractivity contribution in [2.75, 3.05) is 5.75 Å². The topological polar surface area (TPSA) is 63.7 Å². The molecule has 0 radical (unpaired) electrons. The predicted molar refractivity (Wildman–Crippen MR) is 108 cm³/mol. The number of nitrogens with zero attached hydrogens (tertiary/aromatic N) is 1. The van der Waals surface area contributed by atoms with Crippen LogP contribution in [0.4, 0.5) is 0 Å². The summed E-state index contributed by atoms with van der Waals surface area (Å²) >= 11 is 0. The van der Waals surface area contributed by atoms with E-state index in [2.05, 4.69) is 13.8 Å². The van der Waals surface area contributed by atoms with Gasteiger partial charge in [0.1, 0.15) is 5.75 Å². The average molecular weight is 396 g/mol. The molecule has 1 aliphatic carbocycles. The van der Waals surface area contributed by atoms with E-state index in [1.165, 1.54) is 25.7 Å². The third-order valence-electron chi connectivity index (χ3n) is 5.54. The first kappa shape index (κ1) is 21.7. The van der Waals surface area contributed by atoms with E-state index in [4.69, 9.17) is 4.18 Å². The number of carbonyl (C=O) groups excluding carboxylic acids is 1. The van der Waals surface area contributed by atoms with Gasteiger partial charge >= 0.3 is 10.1 Å². The van der Waals surface area contributed by atoms with Gasteiger partial charge in [0, 0.05) is 19.0 Å². The van der Waals surface area contributed by atoms with E-state index in [0.717, 1.165) is 18.4 Å². The molecule has 0 unspecified atom stereocenters. The van der Waals surface area contributed by atoms with Gasteiger partial charge in [-0.05, 0) is 50.3 Å². The normalized spacial score (nSPS) is 16.3. The van der Waals surface area contributed by atoms with Crippen LogP contribution in [0.5, 0.6) is 5.75 Å². The van der Waals surface area contributed by atoms with Gasteiger partial charge in [-0.15, -0.1) is 0 Å². The van der Waals surface area contributed by atoms with Gasteiger partial charge in [0.2, 0.25) is 5.91 Å². The molecule has 5 nitrogen and oxygen atoms in total. The van der Waals surface area contributed by atoms with E-state index >= 15 is 0 Å². The first-order chi connectivity index (χ1) is 12.8. The molecule has 1 aromatic rings. The fourth-order valence-corrected chi connectivity index (χ4v) is 4.06. The van der Waals surface area contributed by atoms with Gasteiger partial charge in [-0.25, -0.2) is 0 Å². The highest BCUT2D eigenvalue weighted by Gasteiger charge is 2.22. The molecule has 1 aromatic carbocycles. The SMILES string of the molecule is CC[C@@H](C)N(Cc1ccc(OS(=O)(=O)CC)cc1)C(=O)CCC1CCCC1. The Morgan fingerprint density at radius 1 is 1.19 bits per heavy atom. The fraction of sp³-hybridized carbons (Fsp3) is 0.667. The van der Waals surface area contributed by atoms with Crippen LogP contribution in [0.15, 0.2) is 24.3 Å². The summed E-state index contributed by atoms with van der Waals surface area (Å²) in [5, 5.41) is 0. The molecule has 0 spiro atoms. The number of hydrogen-bond donors (Lipinski definition) is 0. The van der Waals surface area contributed by atoms with Crippen molar-refractivity contribution in [2.24, 2.45) is 5.92 Å². The van der Waals surface area contributed by atoms with Crippen LogP contribution in [0.25, 0.3) is 0 Å². The summed E-state index contributed by atoms with van der Waals surface area (Å²) in [5.41, 5.74) is 0.978. The second-order valence-corrected chi connectivity index (χ2v) is 9.40. The molecule has 1 fully saturated rings. The Labute approximate surface area is 164 Å². The van der Waals surface area contributed by atoms with Crippen molar-refractivity contribution in [2.45, 2.75) is 78.3 Å². The lowest BCUT2D eigenvalue weighted by molar-refractivity contribution is -0.134. The van der Waals surface area contributed by atoms with Crippen LogP contribution in [0, 0.1) is 5.92 Å². The van der Waals surface area contributed by atoms with Crippen LogP contribution < -0.4 is 4.18 Å². The van der Waals surface area contributed by atoms with E-state index in [-0.39, 0.29) is 17.7 Å². The Bertz CT molecular complexity index is 693. The highest BCUT2D eigenvalue weighted by atomic mass is 32.2. The molecule has 0 N–H and O–H groups in total. The highest BCUT2D eigenvalue weighted by Crippen LogP contribution is 2.29. The van der Waals surface area contributed by atoms with Crippen molar-refractivity contribution in [3.8, 4) is 5.75 Å².